The van der Waals surface area contributed by atoms with Gasteiger partial charge in [0.2, 0.25) is 0 Å². The topological polar surface area (TPSA) is 103 Å². The van der Waals surface area contributed by atoms with Crippen molar-refractivity contribution in [2.24, 2.45) is 0 Å². The van der Waals surface area contributed by atoms with E-state index in [1.807, 2.05) is 4.90 Å². The van der Waals surface area contributed by atoms with E-state index in [1.165, 1.54) is 38.5 Å². The van der Waals surface area contributed by atoms with Gasteiger partial charge in [-0.2, -0.15) is 4.31 Å². The number of anilines is 1. The van der Waals surface area contributed by atoms with E-state index in [9.17, 15) is 13.2 Å². The van der Waals surface area contributed by atoms with Gasteiger partial charge in [0.05, 0.1) is 0 Å². The van der Waals surface area contributed by atoms with Gasteiger partial charge in [-0.15, -0.1) is 11.3 Å². The molecule has 0 aliphatic carbocycles. The average Bonchev–Trinajstić information content (AvgIpc) is 3.31. The van der Waals surface area contributed by atoms with Gasteiger partial charge in [0.15, 0.2) is 5.13 Å². The summed E-state index contributed by atoms with van der Waals surface area (Å²) in [7, 11) is -3.41. The highest BCUT2D eigenvalue weighted by Gasteiger charge is 2.29. The molecular weight excluding hydrogens is 384 g/mol. The van der Waals surface area contributed by atoms with Crippen LogP contribution in [-0.4, -0.2) is 55.0 Å². The minimum atomic E-state index is -3.41. The molecule has 0 saturated carbocycles. The molecule has 3 heterocycles. The lowest BCUT2D eigenvalue weighted by Crippen LogP contribution is -2.48. The predicted octanol–water partition coefficient (Wildman–Crippen LogP) is 1.23. The standard InChI is InChI=1S/C14H16N4O4S3/c19-12(16-20)4-3-11-10-15-14(24-11)17-5-7-18(8-6-17)25(21,22)13-2-1-9-23-13/h1-4,9-10,20H,5-8H2,(H,16,19)/b4-3+. The third kappa shape index (κ3) is 4.07. The van der Waals surface area contributed by atoms with Crippen LogP contribution in [-0.2, 0) is 14.8 Å². The number of hydrogen-bond donors (Lipinski definition) is 2. The Morgan fingerprint density at radius 2 is 2.08 bits per heavy atom. The second-order valence-electron chi connectivity index (χ2n) is 5.18. The molecule has 0 radical (unpaired) electrons. The number of sulfonamides is 1. The second-order valence-corrected chi connectivity index (χ2v) is 9.33. The third-order valence-corrected chi connectivity index (χ3v) is 7.91. The van der Waals surface area contributed by atoms with Crippen LogP contribution in [0.5, 0.6) is 0 Å². The molecule has 1 aliphatic rings. The molecule has 2 aromatic rings. The number of nitrogens with one attached hydrogen (secondary N) is 1. The largest absolute Gasteiger partial charge is 0.345 e. The third-order valence-electron chi connectivity index (χ3n) is 3.62. The smallest absolute Gasteiger partial charge is 0.267 e. The number of rotatable bonds is 5. The average molecular weight is 401 g/mol. The molecule has 1 amide bonds. The zero-order valence-electron chi connectivity index (χ0n) is 13.0. The van der Waals surface area contributed by atoms with Gasteiger partial charge in [-0.1, -0.05) is 17.4 Å². The molecule has 0 bridgehead atoms. The van der Waals surface area contributed by atoms with E-state index in [0.717, 1.165) is 10.0 Å². The van der Waals surface area contributed by atoms with E-state index in [4.69, 9.17) is 5.21 Å². The Kier molecular flexibility index (Phi) is 5.49. The Morgan fingerprint density at radius 3 is 2.72 bits per heavy atom. The van der Waals surface area contributed by atoms with Gasteiger partial charge in [0.1, 0.15) is 4.21 Å². The molecule has 1 aliphatic heterocycles. The van der Waals surface area contributed by atoms with Crippen LogP contribution >= 0.6 is 22.7 Å². The fourth-order valence-corrected chi connectivity index (χ4v) is 5.79. The SMILES string of the molecule is O=C(/C=C/c1cnc(N2CCN(S(=O)(=O)c3cccs3)CC2)s1)NO. The van der Waals surface area contributed by atoms with Crippen LogP contribution in [0.4, 0.5) is 5.13 Å². The van der Waals surface area contributed by atoms with E-state index in [0.29, 0.717) is 30.4 Å². The number of aromatic nitrogens is 1. The lowest BCUT2D eigenvalue weighted by Gasteiger charge is -2.33. The number of piperazine rings is 1. The van der Waals surface area contributed by atoms with Crippen LogP contribution in [0.1, 0.15) is 4.88 Å². The van der Waals surface area contributed by atoms with Gasteiger partial charge in [-0.25, -0.2) is 18.9 Å². The van der Waals surface area contributed by atoms with Crippen molar-refractivity contribution in [3.8, 4) is 0 Å². The maximum atomic E-state index is 12.5. The van der Waals surface area contributed by atoms with Crippen LogP contribution < -0.4 is 10.4 Å². The van der Waals surface area contributed by atoms with Gasteiger partial charge in [-0.3, -0.25) is 10.0 Å². The van der Waals surface area contributed by atoms with Crippen LogP contribution in [0.3, 0.4) is 0 Å². The van der Waals surface area contributed by atoms with E-state index in [-0.39, 0.29) is 0 Å². The fraction of sp³-hybridized carbons (Fsp3) is 0.286. The maximum absolute atomic E-state index is 12.5. The quantitative estimate of drug-likeness (QED) is 0.445. The summed E-state index contributed by atoms with van der Waals surface area (Å²) in [5, 5.41) is 11.0. The molecular formula is C14H16N4O4S3. The van der Waals surface area contributed by atoms with Crippen molar-refractivity contribution in [2.75, 3.05) is 31.1 Å². The van der Waals surface area contributed by atoms with E-state index < -0.39 is 15.9 Å². The van der Waals surface area contributed by atoms with Gasteiger partial charge < -0.3 is 4.90 Å². The van der Waals surface area contributed by atoms with Crippen LogP contribution in [0, 0.1) is 0 Å². The summed E-state index contributed by atoms with van der Waals surface area (Å²) < 4.78 is 26.9. The van der Waals surface area contributed by atoms with E-state index in [2.05, 4.69) is 4.98 Å². The first kappa shape index (κ1) is 18.0. The molecule has 3 rings (SSSR count). The number of nitrogens with zero attached hydrogens (tertiary/aromatic N) is 3. The first-order valence-corrected chi connectivity index (χ1v) is 10.5. The zero-order chi connectivity index (χ0) is 17.9. The van der Waals surface area contributed by atoms with Crippen molar-refractivity contribution in [3.05, 3.63) is 34.7 Å². The Balaban J connectivity index is 1.62. The Morgan fingerprint density at radius 1 is 1.32 bits per heavy atom. The number of thiazole rings is 1. The van der Waals surface area contributed by atoms with Gasteiger partial charge in [0, 0.05) is 43.3 Å². The van der Waals surface area contributed by atoms with Crippen LogP contribution in [0.2, 0.25) is 0 Å². The monoisotopic (exact) mass is 400 g/mol. The highest BCUT2D eigenvalue weighted by Crippen LogP contribution is 2.27. The summed E-state index contributed by atoms with van der Waals surface area (Å²) in [6.07, 6.45) is 4.41. The summed E-state index contributed by atoms with van der Waals surface area (Å²) in [6, 6.07) is 3.35. The van der Waals surface area contributed by atoms with E-state index in [1.54, 1.807) is 29.8 Å². The minimum absolute atomic E-state index is 0.366. The second kappa shape index (κ2) is 7.62. The first-order valence-electron chi connectivity index (χ1n) is 7.37. The van der Waals surface area contributed by atoms with Crippen molar-refractivity contribution in [1.82, 2.24) is 14.8 Å². The molecule has 134 valence electrons. The molecule has 0 atom stereocenters. The van der Waals surface area contributed by atoms with Crippen molar-refractivity contribution in [3.63, 3.8) is 0 Å². The number of carbonyl (C=O) groups excluding carboxylic acids is 1. The molecule has 0 unspecified atom stereocenters. The molecule has 25 heavy (non-hydrogen) atoms. The zero-order valence-corrected chi connectivity index (χ0v) is 15.5. The molecule has 1 fully saturated rings. The molecule has 11 heteroatoms. The first-order chi connectivity index (χ1) is 12.0. The van der Waals surface area contributed by atoms with Gasteiger partial charge in [-0.05, 0) is 17.5 Å². The summed E-state index contributed by atoms with van der Waals surface area (Å²) in [6.45, 7) is 1.91. The van der Waals surface area contributed by atoms with Crippen molar-refractivity contribution in [2.45, 2.75) is 4.21 Å². The highest BCUT2D eigenvalue weighted by molar-refractivity contribution is 7.91. The number of thiophene rings is 1. The van der Waals surface area contributed by atoms with Gasteiger partial charge in [0.25, 0.3) is 15.9 Å². The Labute approximate surface area is 153 Å². The predicted molar refractivity (Wildman–Crippen MR) is 96.4 cm³/mol. The fourth-order valence-electron chi connectivity index (χ4n) is 2.35. The molecule has 2 N–H and O–H groups in total. The van der Waals surface area contributed by atoms with Crippen molar-refractivity contribution < 1.29 is 18.4 Å². The van der Waals surface area contributed by atoms with Crippen LogP contribution in [0.25, 0.3) is 6.08 Å². The Hall–Kier alpha value is -1.79. The Bertz CT molecular complexity index is 853. The molecule has 0 aromatic carbocycles. The summed E-state index contributed by atoms with van der Waals surface area (Å²) in [5.74, 6) is -0.609. The van der Waals surface area contributed by atoms with Crippen LogP contribution in [0.15, 0.2) is 34.0 Å². The normalized spacial score (nSPS) is 16.4. The molecule has 8 nitrogen and oxygen atoms in total. The molecule has 1 saturated heterocycles. The maximum Gasteiger partial charge on any atom is 0.267 e. The number of carbonyl (C=O) groups is 1. The van der Waals surface area contributed by atoms with E-state index >= 15 is 0 Å². The summed E-state index contributed by atoms with van der Waals surface area (Å²) in [5.41, 5.74) is 1.52. The minimum Gasteiger partial charge on any atom is -0.345 e. The van der Waals surface area contributed by atoms with Crippen molar-refractivity contribution in [1.29, 1.82) is 0 Å². The van der Waals surface area contributed by atoms with Gasteiger partial charge >= 0.3 is 0 Å². The highest BCUT2D eigenvalue weighted by atomic mass is 32.2. The lowest BCUT2D eigenvalue weighted by atomic mass is 10.4. The number of amides is 1. The molecule has 2 aromatic heterocycles. The lowest BCUT2D eigenvalue weighted by molar-refractivity contribution is -0.124. The number of hydrogen-bond acceptors (Lipinski definition) is 8. The summed E-state index contributed by atoms with van der Waals surface area (Å²) >= 11 is 2.62. The summed E-state index contributed by atoms with van der Waals surface area (Å²) in [4.78, 5) is 18.1. The number of hydroxylamine groups is 1. The molecule has 0 spiro atoms. The van der Waals surface area contributed by atoms with Crippen molar-refractivity contribution >= 4 is 49.8 Å².